The van der Waals surface area contributed by atoms with E-state index in [-0.39, 0.29) is 17.8 Å². The zero-order valence-corrected chi connectivity index (χ0v) is 13.7. The third-order valence-corrected chi connectivity index (χ3v) is 4.33. The molecule has 0 radical (unpaired) electrons. The molecule has 118 valence electrons. The molecule has 2 heteroatoms. The van der Waals surface area contributed by atoms with E-state index in [0.717, 1.165) is 18.4 Å². The van der Waals surface area contributed by atoms with Gasteiger partial charge >= 0.3 is 0 Å². The normalized spacial score (nSPS) is 15.3. The lowest BCUT2D eigenvalue weighted by atomic mass is 9.75. The first kappa shape index (κ1) is 16.7. The quantitative estimate of drug-likeness (QED) is 0.795. The van der Waals surface area contributed by atoms with Crippen LogP contribution >= 0.6 is 0 Å². The molecule has 2 N–H and O–H groups in total. The van der Waals surface area contributed by atoms with Crippen molar-refractivity contribution in [1.29, 1.82) is 0 Å². The molecule has 0 heterocycles. The molecular weight excluding hydrogens is 273 g/mol. The zero-order valence-electron chi connectivity index (χ0n) is 13.7. The summed E-state index contributed by atoms with van der Waals surface area (Å²) >= 11 is 0. The molecule has 0 aliphatic carbocycles. The van der Waals surface area contributed by atoms with Crippen LogP contribution in [0.5, 0.6) is 0 Å². The Balaban J connectivity index is 2.52. The van der Waals surface area contributed by atoms with Crippen LogP contribution in [-0.4, -0.2) is 6.04 Å². The van der Waals surface area contributed by atoms with Crippen LogP contribution in [-0.2, 0) is 0 Å². The van der Waals surface area contributed by atoms with Gasteiger partial charge in [0.2, 0.25) is 0 Å². The van der Waals surface area contributed by atoms with Crippen LogP contribution in [0.15, 0.2) is 48.5 Å². The summed E-state index contributed by atoms with van der Waals surface area (Å²) in [7, 11) is 0. The van der Waals surface area contributed by atoms with E-state index in [4.69, 9.17) is 5.73 Å². The van der Waals surface area contributed by atoms with E-state index in [1.165, 1.54) is 17.2 Å². The van der Waals surface area contributed by atoms with Crippen molar-refractivity contribution in [3.63, 3.8) is 0 Å². The maximum Gasteiger partial charge on any atom is 0.123 e. The fourth-order valence-corrected chi connectivity index (χ4v) is 3.32. The Morgan fingerprint density at radius 2 is 1.68 bits per heavy atom. The minimum Gasteiger partial charge on any atom is -0.328 e. The van der Waals surface area contributed by atoms with Gasteiger partial charge in [0.25, 0.3) is 0 Å². The fraction of sp³-hybridized carbons (Fsp3) is 0.400. The predicted molar refractivity (Wildman–Crippen MR) is 91.5 cm³/mol. The van der Waals surface area contributed by atoms with Gasteiger partial charge in [-0.1, -0.05) is 55.3 Å². The molecular formula is C20H26FN. The molecule has 2 aromatic rings. The molecule has 0 spiro atoms. The smallest absolute Gasteiger partial charge is 0.123 e. The van der Waals surface area contributed by atoms with Crippen LogP contribution in [0.2, 0.25) is 0 Å². The molecule has 2 unspecified atom stereocenters. The minimum atomic E-state index is -0.185. The first-order valence-corrected chi connectivity index (χ1v) is 8.10. The monoisotopic (exact) mass is 299 g/mol. The second-order valence-electron chi connectivity index (χ2n) is 6.26. The highest BCUT2D eigenvalue weighted by molar-refractivity contribution is 5.36. The van der Waals surface area contributed by atoms with Crippen molar-refractivity contribution in [2.45, 2.75) is 45.6 Å². The second kappa shape index (κ2) is 7.55. The van der Waals surface area contributed by atoms with Crippen molar-refractivity contribution in [1.82, 2.24) is 0 Å². The number of hydrogen-bond donors (Lipinski definition) is 1. The number of rotatable bonds is 6. The van der Waals surface area contributed by atoms with Gasteiger partial charge in [0, 0.05) is 12.0 Å². The Kier molecular flexibility index (Phi) is 5.73. The average molecular weight is 299 g/mol. The number of benzene rings is 2. The molecule has 0 aromatic heterocycles. The van der Waals surface area contributed by atoms with Crippen molar-refractivity contribution < 1.29 is 4.39 Å². The fourth-order valence-electron chi connectivity index (χ4n) is 3.32. The first-order valence-electron chi connectivity index (χ1n) is 8.10. The highest BCUT2D eigenvalue weighted by Gasteiger charge is 2.27. The van der Waals surface area contributed by atoms with Crippen molar-refractivity contribution in [3.8, 4) is 0 Å². The van der Waals surface area contributed by atoms with E-state index in [2.05, 4.69) is 45.0 Å². The molecule has 0 bridgehead atoms. The van der Waals surface area contributed by atoms with Gasteiger partial charge in [-0.25, -0.2) is 4.39 Å². The van der Waals surface area contributed by atoms with Gasteiger partial charge in [-0.3, -0.25) is 0 Å². The summed E-state index contributed by atoms with van der Waals surface area (Å²) in [5.41, 5.74) is 9.74. The van der Waals surface area contributed by atoms with Crippen LogP contribution in [0.25, 0.3) is 0 Å². The van der Waals surface area contributed by atoms with Crippen LogP contribution in [0.1, 0.15) is 49.3 Å². The van der Waals surface area contributed by atoms with E-state index in [1.807, 2.05) is 6.07 Å². The summed E-state index contributed by atoms with van der Waals surface area (Å²) in [6, 6.07) is 15.5. The Morgan fingerprint density at radius 1 is 1.05 bits per heavy atom. The summed E-state index contributed by atoms with van der Waals surface area (Å²) in [6.07, 6.45) is 2.11. The Morgan fingerprint density at radius 3 is 2.23 bits per heavy atom. The number of hydrogen-bond acceptors (Lipinski definition) is 1. The molecule has 0 aliphatic heterocycles. The molecule has 0 fully saturated rings. The van der Waals surface area contributed by atoms with Crippen LogP contribution in [0.4, 0.5) is 4.39 Å². The molecule has 0 saturated heterocycles. The van der Waals surface area contributed by atoms with E-state index in [1.54, 1.807) is 12.1 Å². The molecule has 3 atom stereocenters. The van der Waals surface area contributed by atoms with Crippen molar-refractivity contribution in [3.05, 3.63) is 71.0 Å². The van der Waals surface area contributed by atoms with Gasteiger partial charge in [0.15, 0.2) is 0 Å². The first-order chi connectivity index (χ1) is 10.5. The third kappa shape index (κ3) is 3.95. The summed E-state index contributed by atoms with van der Waals surface area (Å²) in [6.45, 7) is 6.32. The highest BCUT2D eigenvalue weighted by Crippen LogP contribution is 2.36. The predicted octanol–water partition coefficient (Wildman–Crippen LogP) is 5.03. The van der Waals surface area contributed by atoms with Gasteiger partial charge < -0.3 is 5.73 Å². The van der Waals surface area contributed by atoms with Crippen LogP contribution in [0.3, 0.4) is 0 Å². The van der Waals surface area contributed by atoms with Gasteiger partial charge in [-0.05, 0) is 49.4 Å². The lowest BCUT2D eigenvalue weighted by molar-refractivity contribution is 0.367. The molecule has 0 amide bonds. The SMILES string of the molecule is CCCC(C(c1cccc(C)c1)c1cccc(F)c1)[C@H](C)N. The molecule has 22 heavy (non-hydrogen) atoms. The minimum absolute atomic E-state index is 0.0636. The zero-order chi connectivity index (χ0) is 16.1. The number of nitrogens with two attached hydrogens (primary N) is 1. The van der Waals surface area contributed by atoms with Crippen molar-refractivity contribution in [2.75, 3.05) is 0 Å². The van der Waals surface area contributed by atoms with Crippen LogP contribution in [0, 0.1) is 18.7 Å². The third-order valence-electron chi connectivity index (χ3n) is 4.33. The van der Waals surface area contributed by atoms with E-state index in [0.29, 0.717) is 5.92 Å². The maximum atomic E-state index is 13.7. The largest absolute Gasteiger partial charge is 0.328 e. The second-order valence-corrected chi connectivity index (χ2v) is 6.26. The Hall–Kier alpha value is -1.67. The summed E-state index contributed by atoms with van der Waals surface area (Å²) in [4.78, 5) is 0. The van der Waals surface area contributed by atoms with Gasteiger partial charge in [0.05, 0.1) is 0 Å². The summed E-state index contributed by atoms with van der Waals surface area (Å²) in [5.74, 6) is 0.249. The molecule has 0 aliphatic rings. The standard InChI is InChI=1S/C20H26FN/c1-4-7-19(15(3)22)20(16-9-5-8-14(2)12-16)17-10-6-11-18(21)13-17/h5-6,8-13,15,19-20H,4,7,22H2,1-3H3/t15-,19?,20?/m0/s1. The lowest BCUT2D eigenvalue weighted by Crippen LogP contribution is -2.32. The van der Waals surface area contributed by atoms with Crippen molar-refractivity contribution >= 4 is 0 Å². The molecule has 1 nitrogen and oxygen atoms in total. The van der Waals surface area contributed by atoms with Gasteiger partial charge in [0.1, 0.15) is 5.82 Å². The molecule has 2 rings (SSSR count). The summed E-state index contributed by atoms with van der Waals surface area (Å²) < 4.78 is 13.7. The maximum absolute atomic E-state index is 13.7. The summed E-state index contributed by atoms with van der Waals surface area (Å²) in [5, 5.41) is 0. The Labute approximate surface area is 133 Å². The van der Waals surface area contributed by atoms with Crippen LogP contribution < -0.4 is 5.73 Å². The van der Waals surface area contributed by atoms with Crippen molar-refractivity contribution in [2.24, 2.45) is 11.7 Å². The van der Waals surface area contributed by atoms with E-state index < -0.39 is 0 Å². The molecule has 0 saturated carbocycles. The Bertz CT molecular complexity index is 561. The number of aryl methyl sites for hydroxylation is 1. The van der Waals surface area contributed by atoms with Gasteiger partial charge in [-0.2, -0.15) is 0 Å². The van der Waals surface area contributed by atoms with E-state index in [9.17, 15) is 4.39 Å². The molecule has 2 aromatic carbocycles. The topological polar surface area (TPSA) is 26.0 Å². The average Bonchev–Trinajstić information content (AvgIpc) is 2.47. The van der Waals surface area contributed by atoms with E-state index >= 15 is 0 Å². The highest BCUT2D eigenvalue weighted by atomic mass is 19.1. The van der Waals surface area contributed by atoms with Gasteiger partial charge in [-0.15, -0.1) is 0 Å². The number of halogens is 1. The lowest BCUT2D eigenvalue weighted by Gasteiger charge is -2.31.